The molecule has 1 saturated heterocycles. The number of anilines is 1. The highest BCUT2D eigenvalue weighted by Crippen LogP contribution is 2.18. The Bertz CT molecular complexity index is 922. The predicted octanol–water partition coefficient (Wildman–Crippen LogP) is 1.91. The van der Waals surface area contributed by atoms with Crippen molar-refractivity contribution in [3.8, 4) is 0 Å². The minimum atomic E-state index is 0.393. The average molecular weight is 361 g/mol. The van der Waals surface area contributed by atoms with Gasteiger partial charge in [0.2, 0.25) is 17.0 Å². The Morgan fingerprint density at radius 2 is 1.68 bits per heavy atom. The van der Waals surface area contributed by atoms with Crippen molar-refractivity contribution < 1.29 is 0 Å². The van der Waals surface area contributed by atoms with Gasteiger partial charge in [-0.1, -0.05) is 0 Å². The van der Waals surface area contributed by atoms with Gasteiger partial charge in [0.1, 0.15) is 5.82 Å². The van der Waals surface area contributed by atoms with Crippen LogP contribution < -0.4 is 4.90 Å². The van der Waals surface area contributed by atoms with Crippen LogP contribution in [0.1, 0.15) is 35.9 Å². The van der Waals surface area contributed by atoms with Gasteiger partial charge in [-0.25, -0.2) is 14.6 Å². The molecule has 132 valence electrons. The molecule has 3 aromatic heterocycles. The lowest BCUT2D eigenvalue weighted by Gasteiger charge is -2.14. The molecule has 1 fully saturated rings. The van der Waals surface area contributed by atoms with Gasteiger partial charge in [-0.15, -0.1) is 0 Å². The maximum atomic E-state index is 6.31. The highest BCUT2D eigenvalue weighted by molar-refractivity contribution is 6.28. The van der Waals surface area contributed by atoms with E-state index in [1.807, 2.05) is 25.6 Å². The van der Waals surface area contributed by atoms with Crippen LogP contribution >= 0.6 is 11.6 Å². The molecule has 1 aliphatic heterocycles. The van der Waals surface area contributed by atoms with E-state index >= 15 is 0 Å². The molecule has 25 heavy (non-hydrogen) atoms. The summed E-state index contributed by atoms with van der Waals surface area (Å²) in [4.78, 5) is 20.3. The molecule has 4 rings (SSSR count). The third-order valence-corrected chi connectivity index (χ3v) is 4.96. The molecule has 8 nitrogen and oxygen atoms in total. The van der Waals surface area contributed by atoms with E-state index in [-0.39, 0.29) is 0 Å². The fourth-order valence-corrected chi connectivity index (χ4v) is 3.55. The Kier molecular flexibility index (Phi) is 4.07. The summed E-state index contributed by atoms with van der Waals surface area (Å²) in [6.07, 6.45) is 3.74. The van der Waals surface area contributed by atoms with Crippen molar-refractivity contribution in [1.82, 2.24) is 34.1 Å². The fraction of sp³-hybridized carbons (Fsp3) is 0.562. The van der Waals surface area contributed by atoms with Gasteiger partial charge in [-0.3, -0.25) is 4.40 Å². The second-order valence-corrected chi connectivity index (χ2v) is 6.81. The van der Waals surface area contributed by atoms with Crippen molar-refractivity contribution >= 4 is 23.3 Å². The minimum Gasteiger partial charge on any atom is -0.341 e. The second kappa shape index (κ2) is 6.25. The number of halogens is 1. The van der Waals surface area contributed by atoms with Crippen LogP contribution in [-0.4, -0.2) is 47.2 Å². The molecule has 0 unspecified atom stereocenters. The number of aryl methyl sites for hydroxylation is 5. The lowest BCUT2D eigenvalue weighted by atomic mass is 10.3. The number of hydrogen-bond acceptors (Lipinski definition) is 6. The lowest BCUT2D eigenvalue weighted by molar-refractivity contribution is 0.713. The zero-order valence-electron chi connectivity index (χ0n) is 14.7. The second-order valence-electron chi connectivity index (χ2n) is 6.47. The van der Waals surface area contributed by atoms with Gasteiger partial charge in [-0.2, -0.15) is 15.1 Å². The summed E-state index contributed by atoms with van der Waals surface area (Å²) in [5.41, 5.74) is 1.88. The zero-order valence-corrected chi connectivity index (χ0v) is 15.5. The molecule has 3 aromatic rings. The first kappa shape index (κ1) is 16.3. The summed E-state index contributed by atoms with van der Waals surface area (Å²) in [7, 11) is 1.94. The van der Waals surface area contributed by atoms with E-state index in [0.717, 1.165) is 36.3 Å². The number of aromatic nitrogens is 7. The van der Waals surface area contributed by atoms with Gasteiger partial charge in [0.05, 0.1) is 5.69 Å². The highest BCUT2D eigenvalue weighted by Gasteiger charge is 2.19. The zero-order chi connectivity index (χ0) is 17.6. The van der Waals surface area contributed by atoms with Crippen molar-refractivity contribution in [2.45, 2.75) is 39.5 Å². The van der Waals surface area contributed by atoms with Crippen molar-refractivity contribution in [2.24, 2.45) is 7.05 Å². The monoisotopic (exact) mass is 360 g/mol. The Morgan fingerprint density at radius 1 is 0.960 bits per heavy atom. The summed E-state index contributed by atoms with van der Waals surface area (Å²) in [6.45, 7) is 6.01. The maximum Gasteiger partial charge on any atom is 0.238 e. The molecule has 0 saturated carbocycles. The largest absolute Gasteiger partial charge is 0.341 e. The van der Waals surface area contributed by atoms with Crippen LogP contribution in [-0.2, 0) is 19.9 Å². The molecule has 0 bridgehead atoms. The quantitative estimate of drug-likeness (QED) is 0.707. The SMILES string of the molecule is Cc1nc2nc(CCc3nc(N4CCCC4)n(C)n3)nc(Cl)n2c1C. The summed E-state index contributed by atoms with van der Waals surface area (Å²) in [5, 5.41) is 4.92. The maximum absolute atomic E-state index is 6.31. The van der Waals surface area contributed by atoms with E-state index in [9.17, 15) is 0 Å². The van der Waals surface area contributed by atoms with Crippen LogP contribution in [0.2, 0.25) is 5.28 Å². The molecule has 0 radical (unpaired) electrons. The first-order valence-corrected chi connectivity index (χ1v) is 8.93. The van der Waals surface area contributed by atoms with Crippen molar-refractivity contribution in [3.63, 3.8) is 0 Å². The Balaban J connectivity index is 1.53. The summed E-state index contributed by atoms with van der Waals surface area (Å²) in [5.74, 6) is 3.01. The Labute approximate surface area is 150 Å². The molecule has 0 N–H and O–H groups in total. The minimum absolute atomic E-state index is 0.393. The molecule has 9 heteroatoms. The van der Waals surface area contributed by atoms with Crippen LogP contribution in [0.3, 0.4) is 0 Å². The topological polar surface area (TPSA) is 77.0 Å². The number of imidazole rings is 1. The van der Waals surface area contributed by atoms with Crippen molar-refractivity contribution in [3.05, 3.63) is 28.3 Å². The molecular formula is C16H21ClN8. The summed E-state index contributed by atoms with van der Waals surface area (Å²) < 4.78 is 3.63. The lowest BCUT2D eigenvalue weighted by Crippen LogP contribution is -2.21. The standard InChI is InChI=1S/C16H21ClN8/c1-10-11(2)25-14(17)19-12(20-15(25)18-10)6-7-13-21-16(23(3)22-13)24-8-4-5-9-24/h4-9H2,1-3H3. The van der Waals surface area contributed by atoms with E-state index in [2.05, 4.69) is 29.9 Å². The fourth-order valence-electron chi connectivity index (χ4n) is 3.25. The van der Waals surface area contributed by atoms with E-state index < -0.39 is 0 Å². The van der Waals surface area contributed by atoms with Gasteiger partial charge in [-0.05, 0) is 38.3 Å². The highest BCUT2D eigenvalue weighted by atomic mass is 35.5. The normalized spacial score (nSPS) is 14.8. The van der Waals surface area contributed by atoms with E-state index in [0.29, 0.717) is 29.7 Å². The average Bonchev–Trinajstić information content (AvgIpc) is 3.26. The van der Waals surface area contributed by atoms with Crippen LogP contribution in [0.15, 0.2) is 0 Å². The molecule has 4 heterocycles. The smallest absolute Gasteiger partial charge is 0.238 e. The number of hydrogen-bond donors (Lipinski definition) is 0. The van der Waals surface area contributed by atoms with Crippen LogP contribution in [0.5, 0.6) is 0 Å². The van der Waals surface area contributed by atoms with E-state index in [1.165, 1.54) is 12.8 Å². The van der Waals surface area contributed by atoms with Gasteiger partial charge in [0, 0.05) is 38.7 Å². The molecule has 1 aliphatic rings. The summed E-state index contributed by atoms with van der Waals surface area (Å²) in [6, 6.07) is 0. The van der Waals surface area contributed by atoms with Crippen LogP contribution in [0.4, 0.5) is 5.95 Å². The molecule has 0 aliphatic carbocycles. The predicted molar refractivity (Wildman–Crippen MR) is 95.1 cm³/mol. The number of nitrogens with zero attached hydrogens (tertiary/aromatic N) is 8. The van der Waals surface area contributed by atoms with Crippen LogP contribution in [0, 0.1) is 13.8 Å². The van der Waals surface area contributed by atoms with Crippen molar-refractivity contribution in [2.75, 3.05) is 18.0 Å². The molecular weight excluding hydrogens is 340 g/mol. The van der Waals surface area contributed by atoms with Gasteiger partial charge >= 0.3 is 0 Å². The number of rotatable bonds is 4. The molecule has 0 aromatic carbocycles. The molecule has 0 spiro atoms. The molecule has 0 atom stereocenters. The van der Waals surface area contributed by atoms with Crippen molar-refractivity contribution in [1.29, 1.82) is 0 Å². The van der Waals surface area contributed by atoms with Gasteiger partial charge in [0.25, 0.3) is 0 Å². The third-order valence-electron chi connectivity index (χ3n) is 4.71. The Morgan fingerprint density at radius 3 is 2.44 bits per heavy atom. The summed E-state index contributed by atoms with van der Waals surface area (Å²) >= 11 is 6.31. The first-order valence-electron chi connectivity index (χ1n) is 8.56. The van der Waals surface area contributed by atoms with Gasteiger partial charge in [0.15, 0.2) is 5.82 Å². The number of fused-ring (bicyclic) bond motifs is 1. The Hall–Kier alpha value is -2.22. The molecule has 0 amide bonds. The van der Waals surface area contributed by atoms with E-state index in [1.54, 1.807) is 4.40 Å². The third kappa shape index (κ3) is 2.95. The van der Waals surface area contributed by atoms with Crippen LogP contribution in [0.25, 0.3) is 5.78 Å². The van der Waals surface area contributed by atoms with E-state index in [4.69, 9.17) is 11.6 Å². The van der Waals surface area contributed by atoms with Gasteiger partial charge < -0.3 is 4.90 Å². The first-order chi connectivity index (χ1) is 12.0.